The number of hydrogen-bond acceptors (Lipinski definition) is 8. The molecule has 0 radical (unpaired) electrons. The number of carboxylic acids is 1. The molecule has 1 saturated carbocycles. The SMILES string of the molecule is COc1ccc2c(O[C@@H]3C[C@H]4C(=O)NC(C(=O)O)CCOc5cccc(c5)C[C@@H](NC(=O)CCC5CC5)C(=O)N4C3)cc(-c3ccccc3)nc2c1. The first-order chi connectivity index (χ1) is 25.2. The lowest BCUT2D eigenvalue weighted by Crippen LogP contribution is -2.56. The van der Waals surface area contributed by atoms with Gasteiger partial charge in [0.1, 0.15) is 41.5 Å². The number of aliphatic carboxylic acids is 1. The van der Waals surface area contributed by atoms with Crippen molar-refractivity contribution in [3.8, 4) is 28.5 Å². The molecule has 4 aromatic rings. The minimum atomic E-state index is -1.25. The van der Waals surface area contributed by atoms with Gasteiger partial charge in [-0.25, -0.2) is 9.78 Å². The molecule has 4 atom stereocenters. The molecule has 3 aliphatic rings. The Kier molecular flexibility index (Phi) is 10.2. The first kappa shape index (κ1) is 34.8. The lowest BCUT2D eigenvalue weighted by Gasteiger charge is -2.29. The van der Waals surface area contributed by atoms with Gasteiger partial charge in [0.2, 0.25) is 17.7 Å². The summed E-state index contributed by atoms with van der Waals surface area (Å²) in [6.45, 7) is 0.0810. The van der Waals surface area contributed by atoms with Crippen LogP contribution in [0.4, 0.5) is 0 Å². The van der Waals surface area contributed by atoms with E-state index in [9.17, 15) is 24.3 Å². The van der Waals surface area contributed by atoms with E-state index in [1.54, 1.807) is 25.3 Å². The smallest absolute Gasteiger partial charge is 0.326 e. The summed E-state index contributed by atoms with van der Waals surface area (Å²) in [7, 11) is 1.58. The van der Waals surface area contributed by atoms with Crippen molar-refractivity contribution in [2.24, 2.45) is 5.92 Å². The van der Waals surface area contributed by atoms with Crippen LogP contribution in [-0.4, -0.2) is 83.2 Å². The fourth-order valence-electron chi connectivity index (χ4n) is 6.94. The molecule has 12 nitrogen and oxygen atoms in total. The van der Waals surface area contributed by atoms with Crippen LogP contribution in [0.5, 0.6) is 17.2 Å². The number of methoxy groups -OCH3 is 1. The molecule has 3 heterocycles. The van der Waals surface area contributed by atoms with Crippen LogP contribution in [0.3, 0.4) is 0 Å². The number of carboxylic acid groups (broad SMARTS) is 1. The van der Waals surface area contributed by atoms with Crippen molar-refractivity contribution in [2.75, 3.05) is 20.3 Å². The van der Waals surface area contributed by atoms with Crippen molar-refractivity contribution in [3.63, 3.8) is 0 Å². The molecule has 3 aromatic carbocycles. The molecule has 1 saturated heterocycles. The maximum Gasteiger partial charge on any atom is 0.326 e. The number of amides is 3. The molecule has 1 aromatic heterocycles. The molecule has 2 fully saturated rings. The number of hydrogen-bond donors (Lipinski definition) is 3. The number of fused-ring (bicyclic) bond motifs is 4. The van der Waals surface area contributed by atoms with Gasteiger partial charge in [-0.1, -0.05) is 55.3 Å². The van der Waals surface area contributed by atoms with Crippen LogP contribution in [0.2, 0.25) is 0 Å². The molecule has 52 heavy (non-hydrogen) atoms. The highest BCUT2D eigenvalue weighted by Gasteiger charge is 2.44. The number of benzene rings is 3. The Bertz CT molecular complexity index is 1970. The molecule has 3 N–H and O–H groups in total. The summed E-state index contributed by atoms with van der Waals surface area (Å²) in [5.74, 6) is -0.327. The molecule has 7 rings (SSSR count). The van der Waals surface area contributed by atoms with E-state index in [4.69, 9.17) is 19.2 Å². The number of nitrogens with one attached hydrogen (secondary N) is 2. The summed E-state index contributed by atoms with van der Waals surface area (Å²) in [6.07, 6.45) is 2.92. The van der Waals surface area contributed by atoms with Gasteiger partial charge in [-0.15, -0.1) is 0 Å². The molecule has 2 bridgehead atoms. The second-order valence-corrected chi connectivity index (χ2v) is 13.7. The van der Waals surface area contributed by atoms with E-state index >= 15 is 0 Å². The quantitative estimate of drug-likeness (QED) is 0.228. The van der Waals surface area contributed by atoms with E-state index in [0.29, 0.717) is 40.8 Å². The van der Waals surface area contributed by atoms with Crippen LogP contribution in [-0.2, 0) is 25.6 Å². The van der Waals surface area contributed by atoms with Crippen LogP contribution in [0.15, 0.2) is 78.9 Å². The van der Waals surface area contributed by atoms with E-state index in [0.717, 1.165) is 35.8 Å². The summed E-state index contributed by atoms with van der Waals surface area (Å²) in [5.41, 5.74) is 2.95. The Morgan fingerprint density at radius 2 is 1.85 bits per heavy atom. The minimum absolute atomic E-state index is 0.0142. The maximum atomic E-state index is 14.6. The summed E-state index contributed by atoms with van der Waals surface area (Å²) < 4.78 is 18.0. The van der Waals surface area contributed by atoms with Gasteiger partial charge < -0.3 is 34.9 Å². The average molecular weight is 707 g/mol. The summed E-state index contributed by atoms with van der Waals surface area (Å²) in [5, 5.41) is 16.3. The van der Waals surface area contributed by atoms with Crippen molar-refractivity contribution < 1.29 is 38.5 Å². The van der Waals surface area contributed by atoms with Crippen molar-refractivity contribution >= 4 is 34.6 Å². The lowest BCUT2D eigenvalue weighted by molar-refractivity contribution is -0.145. The molecular formula is C40H42N4O8. The Balaban J connectivity index is 1.22. The molecule has 1 unspecified atom stereocenters. The van der Waals surface area contributed by atoms with Gasteiger partial charge in [-0.05, 0) is 42.2 Å². The van der Waals surface area contributed by atoms with Gasteiger partial charge >= 0.3 is 5.97 Å². The first-order valence-electron chi connectivity index (χ1n) is 17.8. The van der Waals surface area contributed by atoms with E-state index in [1.807, 2.05) is 60.7 Å². The average Bonchev–Trinajstić information content (AvgIpc) is 3.89. The molecular weight excluding hydrogens is 664 g/mol. The number of rotatable bonds is 9. The molecule has 2 aliphatic heterocycles. The fraction of sp³-hybridized carbons (Fsp3) is 0.375. The normalized spacial score (nSPS) is 22.1. The molecule has 270 valence electrons. The number of ether oxygens (including phenoxy) is 3. The number of aromatic nitrogens is 1. The Hall–Kier alpha value is -5.65. The third-order valence-corrected chi connectivity index (χ3v) is 9.93. The van der Waals surface area contributed by atoms with Crippen LogP contribution >= 0.6 is 0 Å². The standard InChI is InChI=1S/C40H42N4O8/c1-50-27-13-14-30-33(20-27)41-32(26-7-3-2-4-8-26)22-36(30)52-29-21-35-38(46)43-31(40(48)49)16-17-51-28-9-5-6-25(18-28)19-34(39(47)44(35)23-29)42-37(45)15-12-24-10-11-24/h2-9,13-14,18,20,22,24,29,31,34-35H,10-12,15-17,19,21,23H2,1H3,(H,42,45)(H,43,46)(H,48,49)/t29-,31?,34-,35+/m1/s1. The second kappa shape index (κ2) is 15.3. The lowest BCUT2D eigenvalue weighted by atomic mass is 10.0. The van der Waals surface area contributed by atoms with Crippen molar-refractivity contribution in [3.05, 3.63) is 84.4 Å². The Morgan fingerprint density at radius 1 is 1.02 bits per heavy atom. The Morgan fingerprint density at radius 3 is 2.62 bits per heavy atom. The predicted octanol–water partition coefficient (Wildman–Crippen LogP) is 4.53. The van der Waals surface area contributed by atoms with Crippen LogP contribution < -0.4 is 24.8 Å². The summed E-state index contributed by atoms with van der Waals surface area (Å²) in [4.78, 5) is 60.3. The van der Waals surface area contributed by atoms with E-state index < -0.39 is 42.0 Å². The minimum Gasteiger partial charge on any atom is -0.497 e. The Labute approximate surface area is 301 Å². The molecule has 3 amide bonds. The number of carbonyl (C=O) groups is 4. The zero-order valence-electron chi connectivity index (χ0n) is 29.0. The van der Waals surface area contributed by atoms with Gasteiger partial charge in [-0.2, -0.15) is 0 Å². The van der Waals surface area contributed by atoms with Crippen LogP contribution in [0.1, 0.15) is 44.1 Å². The van der Waals surface area contributed by atoms with Gasteiger partial charge in [0.25, 0.3) is 0 Å². The number of nitrogens with zero attached hydrogens (tertiary/aromatic N) is 2. The number of pyridine rings is 1. The van der Waals surface area contributed by atoms with E-state index in [2.05, 4.69) is 10.6 Å². The van der Waals surface area contributed by atoms with Gasteiger partial charge in [0.05, 0.1) is 31.5 Å². The van der Waals surface area contributed by atoms with Gasteiger partial charge in [0.15, 0.2) is 0 Å². The number of carbonyl (C=O) groups excluding carboxylic acids is 3. The van der Waals surface area contributed by atoms with Crippen molar-refractivity contribution in [1.29, 1.82) is 0 Å². The highest BCUT2D eigenvalue weighted by atomic mass is 16.5. The highest BCUT2D eigenvalue weighted by molar-refractivity contribution is 5.94. The zero-order valence-corrected chi connectivity index (χ0v) is 29.0. The van der Waals surface area contributed by atoms with Gasteiger partial charge in [0, 0.05) is 48.8 Å². The third-order valence-electron chi connectivity index (χ3n) is 9.93. The monoisotopic (exact) mass is 706 g/mol. The molecule has 0 spiro atoms. The summed E-state index contributed by atoms with van der Waals surface area (Å²) in [6, 6.07) is 20.9. The van der Waals surface area contributed by atoms with Gasteiger partial charge in [-0.3, -0.25) is 14.4 Å². The van der Waals surface area contributed by atoms with Crippen LogP contribution in [0.25, 0.3) is 22.2 Å². The fourth-order valence-corrected chi connectivity index (χ4v) is 6.94. The van der Waals surface area contributed by atoms with Crippen LogP contribution in [0, 0.1) is 5.92 Å². The largest absolute Gasteiger partial charge is 0.497 e. The van der Waals surface area contributed by atoms with E-state index in [1.165, 1.54) is 4.90 Å². The molecule has 1 aliphatic carbocycles. The van der Waals surface area contributed by atoms with E-state index in [-0.39, 0.29) is 38.3 Å². The third kappa shape index (κ3) is 8.11. The topological polar surface area (TPSA) is 156 Å². The zero-order chi connectivity index (χ0) is 36.2. The first-order valence-corrected chi connectivity index (χ1v) is 17.8. The maximum absolute atomic E-state index is 14.6. The predicted molar refractivity (Wildman–Crippen MR) is 192 cm³/mol. The molecule has 12 heteroatoms. The second-order valence-electron chi connectivity index (χ2n) is 13.7. The van der Waals surface area contributed by atoms with Crippen molar-refractivity contribution in [2.45, 2.75) is 69.2 Å². The van der Waals surface area contributed by atoms with Crippen molar-refractivity contribution in [1.82, 2.24) is 20.5 Å². The highest BCUT2D eigenvalue weighted by Crippen LogP contribution is 2.35. The summed E-state index contributed by atoms with van der Waals surface area (Å²) >= 11 is 0.